The first kappa shape index (κ1) is 28.9. The van der Waals surface area contributed by atoms with Gasteiger partial charge in [-0.15, -0.1) is 0 Å². The van der Waals surface area contributed by atoms with Crippen molar-refractivity contribution in [2.45, 2.75) is 62.7 Å². The van der Waals surface area contributed by atoms with Crippen LogP contribution in [0.15, 0.2) is 42.5 Å². The van der Waals surface area contributed by atoms with Crippen LogP contribution in [0.25, 0.3) is 0 Å². The molecule has 1 fully saturated rings. The number of alkyl halides is 6. The fourth-order valence-corrected chi connectivity index (χ4v) is 4.80. The van der Waals surface area contributed by atoms with Gasteiger partial charge in [0, 0.05) is 18.5 Å². The number of ether oxygens (including phenoxy) is 2. The molecule has 0 aliphatic heterocycles. The molecule has 11 heteroatoms. The van der Waals surface area contributed by atoms with Crippen LogP contribution in [0.2, 0.25) is 0 Å². The largest absolute Gasteiger partial charge is 0.469 e. The van der Waals surface area contributed by atoms with Gasteiger partial charge in [-0.1, -0.05) is 12.1 Å². The Labute approximate surface area is 210 Å². The molecule has 2 aromatic carbocycles. The van der Waals surface area contributed by atoms with Crippen molar-refractivity contribution in [3.8, 4) is 0 Å². The lowest BCUT2D eigenvalue weighted by molar-refractivity contribution is -0.143. The number of benzene rings is 2. The van der Waals surface area contributed by atoms with Crippen LogP contribution in [-0.4, -0.2) is 43.7 Å². The topological polar surface area (TPSA) is 38.8 Å². The Bertz CT molecular complexity index is 1040. The van der Waals surface area contributed by atoms with Crippen LogP contribution in [-0.2, 0) is 26.6 Å². The highest BCUT2D eigenvalue weighted by Gasteiger charge is 2.42. The Kier molecular flexibility index (Phi) is 8.89. The maximum atomic E-state index is 13.6. The SMILES string of the molecule is COC(=O)CCN(C)C1CCC(O[C@@H](C)c2cc(C(F)(F)F)cc(C(F)(F)F)c2)C1c1ccc(F)cc1. The van der Waals surface area contributed by atoms with Gasteiger partial charge in [0.25, 0.3) is 0 Å². The maximum absolute atomic E-state index is 13.6. The Balaban J connectivity index is 1.90. The summed E-state index contributed by atoms with van der Waals surface area (Å²) in [6, 6.07) is 6.98. The lowest BCUT2D eigenvalue weighted by Gasteiger charge is -2.33. The van der Waals surface area contributed by atoms with Crippen molar-refractivity contribution in [1.82, 2.24) is 4.90 Å². The number of carbonyl (C=O) groups is 1. The Morgan fingerprint density at radius 3 is 2.08 bits per heavy atom. The first-order valence-electron chi connectivity index (χ1n) is 11.7. The normalized spacial score (nSPS) is 21.3. The lowest BCUT2D eigenvalue weighted by atomic mass is 9.91. The van der Waals surface area contributed by atoms with E-state index in [0.717, 1.165) is 0 Å². The van der Waals surface area contributed by atoms with E-state index in [2.05, 4.69) is 4.74 Å². The molecule has 0 amide bonds. The van der Waals surface area contributed by atoms with Crippen LogP contribution in [0.1, 0.15) is 60.5 Å². The molecule has 4 nitrogen and oxygen atoms in total. The number of hydrogen-bond acceptors (Lipinski definition) is 4. The second kappa shape index (κ2) is 11.4. The predicted molar refractivity (Wildman–Crippen MR) is 121 cm³/mol. The van der Waals surface area contributed by atoms with E-state index in [1.54, 1.807) is 19.2 Å². The maximum Gasteiger partial charge on any atom is 0.416 e. The molecule has 0 spiro atoms. The summed E-state index contributed by atoms with van der Waals surface area (Å²) in [6.45, 7) is 1.77. The monoisotopic (exact) mass is 535 g/mol. The van der Waals surface area contributed by atoms with Crippen molar-refractivity contribution in [3.05, 3.63) is 70.5 Å². The van der Waals surface area contributed by atoms with E-state index in [-0.39, 0.29) is 30.0 Å². The van der Waals surface area contributed by atoms with E-state index in [1.807, 2.05) is 4.90 Å². The molecule has 2 aromatic rings. The summed E-state index contributed by atoms with van der Waals surface area (Å²) >= 11 is 0. The summed E-state index contributed by atoms with van der Waals surface area (Å²) in [5.41, 5.74) is -2.35. The average molecular weight is 536 g/mol. The summed E-state index contributed by atoms with van der Waals surface area (Å²) in [5, 5.41) is 0. The quantitative estimate of drug-likeness (QED) is 0.277. The number of methoxy groups -OCH3 is 1. The molecule has 3 rings (SSSR count). The van der Waals surface area contributed by atoms with Gasteiger partial charge >= 0.3 is 18.3 Å². The first-order valence-corrected chi connectivity index (χ1v) is 11.7. The third kappa shape index (κ3) is 7.22. The van der Waals surface area contributed by atoms with Crippen LogP contribution in [0.5, 0.6) is 0 Å². The van der Waals surface area contributed by atoms with E-state index in [0.29, 0.717) is 37.1 Å². The third-order valence-electron chi connectivity index (χ3n) is 6.74. The van der Waals surface area contributed by atoms with Crippen LogP contribution in [0.3, 0.4) is 0 Å². The van der Waals surface area contributed by atoms with Gasteiger partial charge in [-0.2, -0.15) is 26.3 Å². The highest BCUT2D eigenvalue weighted by atomic mass is 19.4. The molecular formula is C26H28F7NO3. The van der Waals surface area contributed by atoms with E-state index in [1.165, 1.54) is 26.2 Å². The number of nitrogens with zero attached hydrogens (tertiary/aromatic N) is 1. The van der Waals surface area contributed by atoms with Crippen LogP contribution >= 0.6 is 0 Å². The van der Waals surface area contributed by atoms with Crippen molar-refractivity contribution in [2.24, 2.45) is 0 Å². The van der Waals surface area contributed by atoms with Gasteiger partial charge in [0.15, 0.2) is 0 Å². The number of esters is 1. The molecule has 204 valence electrons. The molecule has 0 radical (unpaired) electrons. The average Bonchev–Trinajstić information content (AvgIpc) is 3.24. The van der Waals surface area contributed by atoms with Gasteiger partial charge in [-0.3, -0.25) is 4.79 Å². The van der Waals surface area contributed by atoms with Gasteiger partial charge in [0.2, 0.25) is 0 Å². The zero-order valence-electron chi connectivity index (χ0n) is 20.5. The highest BCUT2D eigenvalue weighted by Crippen LogP contribution is 2.43. The van der Waals surface area contributed by atoms with Crippen molar-refractivity contribution < 1.29 is 45.0 Å². The standard InChI is InChI=1S/C26H28F7NO3/c1-15(17-12-18(25(28,29)30)14-19(13-17)26(31,32)33)37-22-9-8-21(34(2)11-10-23(35)36-3)24(22)16-4-6-20(27)7-5-16/h4-7,12-15,21-22,24H,8-11H2,1-3H3/t15-,21?,22?,24?/m0/s1. The molecule has 4 atom stereocenters. The minimum absolute atomic E-state index is 0.0827. The molecular weight excluding hydrogens is 507 g/mol. The molecule has 0 saturated heterocycles. The summed E-state index contributed by atoms with van der Waals surface area (Å²) in [4.78, 5) is 13.5. The van der Waals surface area contributed by atoms with Gasteiger partial charge in [-0.05, 0) is 68.3 Å². The predicted octanol–water partition coefficient (Wildman–Crippen LogP) is 6.75. The smallest absolute Gasteiger partial charge is 0.416 e. The van der Waals surface area contributed by atoms with E-state index < -0.39 is 47.5 Å². The molecule has 3 unspecified atom stereocenters. The number of rotatable bonds is 8. The van der Waals surface area contributed by atoms with Crippen molar-refractivity contribution in [2.75, 3.05) is 20.7 Å². The highest BCUT2D eigenvalue weighted by molar-refractivity contribution is 5.69. The molecule has 0 N–H and O–H groups in total. The third-order valence-corrected chi connectivity index (χ3v) is 6.74. The molecule has 0 aromatic heterocycles. The Morgan fingerprint density at radius 1 is 1.00 bits per heavy atom. The Hall–Kier alpha value is -2.66. The van der Waals surface area contributed by atoms with Gasteiger partial charge in [-0.25, -0.2) is 4.39 Å². The van der Waals surface area contributed by atoms with Crippen LogP contribution in [0, 0.1) is 5.82 Å². The van der Waals surface area contributed by atoms with E-state index in [9.17, 15) is 35.5 Å². The second-order valence-electron chi connectivity index (χ2n) is 9.18. The van der Waals surface area contributed by atoms with Crippen molar-refractivity contribution in [3.63, 3.8) is 0 Å². The zero-order chi connectivity index (χ0) is 27.5. The summed E-state index contributed by atoms with van der Waals surface area (Å²) in [5.74, 6) is -1.21. The fraction of sp³-hybridized carbons (Fsp3) is 0.500. The molecule has 1 saturated carbocycles. The molecule has 0 bridgehead atoms. The zero-order valence-corrected chi connectivity index (χ0v) is 20.5. The van der Waals surface area contributed by atoms with E-state index in [4.69, 9.17) is 4.74 Å². The van der Waals surface area contributed by atoms with Gasteiger partial charge < -0.3 is 14.4 Å². The summed E-state index contributed by atoms with van der Waals surface area (Å²) in [6.07, 6.45) is -10.4. The molecule has 1 aliphatic carbocycles. The van der Waals surface area contributed by atoms with Gasteiger partial charge in [0.1, 0.15) is 5.82 Å². The lowest BCUT2D eigenvalue weighted by Crippen LogP contribution is -2.38. The minimum atomic E-state index is -4.97. The minimum Gasteiger partial charge on any atom is -0.469 e. The number of carbonyl (C=O) groups excluding carboxylic acids is 1. The van der Waals surface area contributed by atoms with Crippen molar-refractivity contribution in [1.29, 1.82) is 0 Å². The summed E-state index contributed by atoms with van der Waals surface area (Å²) in [7, 11) is 3.08. The van der Waals surface area contributed by atoms with Crippen LogP contribution < -0.4 is 0 Å². The molecule has 37 heavy (non-hydrogen) atoms. The number of likely N-dealkylation sites (N-methyl/N-ethyl adjacent to an activating group) is 1. The van der Waals surface area contributed by atoms with Gasteiger partial charge in [0.05, 0.1) is 36.9 Å². The summed E-state index contributed by atoms with van der Waals surface area (Å²) < 4.78 is 104. The fourth-order valence-electron chi connectivity index (χ4n) is 4.80. The number of halogens is 7. The molecule has 0 heterocycles. The molecule has 1 aliphatic rings. The number of hydrogen-bond donors (Lipinski definition) is 0. The second-order valence-corrected chi connectivity index (χ2v) is 9.18. The first-order chi connectivity index (χ1) is 17.2. The van der Waals surface area contributed by atoms with Crippen LogP contribution in [0.4, 0.5) is 30.7 Å². The van der Waals surface area contributed by atoms with Crippen molar-refractivity contribution >= 4 is 5.97 Å². The van der Waals surface area contributed by atoms with E-state index >= 15 is 0 Å². The Morgan fingerprint density at radius 2 is 1.57 bits per heavy atom.